The molecule has 2 fully saturated rings. The maximum atomic E-state index is 9.33. The second-order valence-corrected chi connectivity index (χ2v) is 14.5. The van der Waals surface area contributed by atoms with E-state index < -0.39 is 0 Å². The lowest BCUT2D eigenvalue weighted by Crippen LogP contribution is -2.42. The molecule has 0 amide bonds. The van der Waals surface area contributed by atoms with E-state index in [1.165, 1.54) is 54.4 Å². The maximum Gasteiger partial charge on any atom is 0.164 e. The summed E-state index contributed by atoms with van der Waals surface area (Å²) in [5.74, 6) is 4.21. The molecule has 0 aliphatic heterocycles. The molecule has 2 aliphatic rings. The van der Waals surface area contributed by atoms with Crippen LogP contribution in [0.5, 0.6) is 0 Å². The number of fused-ring (bicyclic) bond motifs is 2. The fourth-order valence-electron chi connectivity index (χ4n) is 8.93. The average Bonchev–Trinajstić information content (AvgIpc) is 3.14. The molecule has 1 aromatic heterocycles. The Hall–Kier alpha value is -5.40. The number of aromatic nitrogens is 3. The Morgan fingerprint density at radius 2 is 1.04 bits per heavy atom. The van der Waals surface area contributed by atoms with E-state index in [0.717, 1.165) is 40.0 Å². The predicted molar refractivity (Wildman–Crippen MR) is 198 cm³/mol. The molecule has 4 atom stereocenters. The normalized spacial score (nSPS) is 21.5. The fourth-order valence-corrected chi connectivity index (χ4v) is 8.93. The molecule has 8 rings (SSSR count). The van der Waals surface area contributed by atoms with Crippen molar-refractivity contribution in [3.63, 3.8) is 0 Å². The Labute approximate surface area is 289 Å². The summed E-state index contributed by atoms with van der Waals surface area (Å²) in [5.41, 5.74) is 9.91. The van der Waals surface area contributed by atoms with Gasteiger partial charge in [0.1, 0.15) is 0 Å². The number of hydrogen-bond acceptors (Lipinski definition) is 4. The Bertz CT molecular complexity index is 2140. The lowest BCUT2D eigenvalue weighted by molar-refractivity contribution is 0.0780. The number of benzene rings is 5. The summed E-state index contributed by atoms with van der Waals surface area (Å²) in [6, 6.07) is 46.4. The minimum absolute atomic E-state index is 0.284. The molecule has 0 spiro atoms. The number of nitrogens with zero attached hydrogens (tertiary/aromatic N) is 4. The van der Waals surface area contributed by atoms with Crippen molar-refractivity contribution in [2.75, 3.05) is 0 Å². The van der Waals surface area contributed by atoms with Crippen molar-refractivity contribution < 1.29 is 0 Å². The molecule has 1 heterocycles. The van der Waals surface area contributed by atoms with Crippen LogP contribution in [0.1, 0.15) is 57.1 Å². The van der Waals surface area contributed by atoms with E-state index in [1.54, 1.807) is 12.1 Å². The van der Waals surface area contributed by atoms with Crippen molar-refractivity contribution in [3.8, 4) is 62.5 Å². The highest BCUT2D eigenvalue weighted by Gasteiger charge is 2.45. The third kappa shape index (κ3) is 6.18. The first-order chi connectivity index (χ1) is 24.0. The second kappa shape index (κ2) is 12.9. The van der Waals surface area contributed by atoms with Crippen LogP contribution in [0.4, 0.5) is 0 Å². The standard InChI is InChI=1S/C45H40N4/c1-30-22-33-23-31(2)27-45(26-30,28-33)39-15-9-13-37(25-39)41-17-7-6-16-40(41)36-12-8-14-38(24-36)44-48-42(34-10-4-3-5-11-34)47-43(49-44)35-20-18-32(29-46)19-21-35/h3-21,24-25,30-31,33H,22-23,26-28H2,1-2H3/t30-,31+,33-,45?. The van der Waals surface area contributed by atoms with E-state index in [4.69, 9.17) is 15.0 Å². The van der Waals surface area contributed by atoms with Gasteiger partial charge < -0.3 is 0 Å². The summed E-state index contributed by atoms with van der Waals surface area (Å²) >= 11 is 0. The lowest BCUT2D eigenvalue weighted by atomic mass is 9.54. The maximum absolute atomic E-state index is 9.33. The van der Waals surface area contributed by atoms with E-state index in [-0.39, 0.29) is 5.41 Å². The van der Waals surface area contributed by atoms with Crippen molar-refractivity contribution in [3.05, 3.63) is 139 Å². The summed E-state index contributed by atoms with van der Waals surface area (Å²) in [5, 5.41) is 9.33. The molecule has 5 aromatic carbocycles. The van der Waals surface area contributed by atoms with Gasteiger partial charge in [-0.1, -0.05) is 111 Å². The zero-order valence-electron chi connectivity index (χ0n) is 28.2. The summed E-state index contributed by atoms with van der Waals surface area (Å²) in [6.07, 6.45) is 6.68. The molecule has 0 N–H and O–H groups in total. The van der Waals surface area contributed by atoms with E-state index >= 15 is 0 Å². The molecule has 2 aliphatic carbocycles. The van der Waals surface area contributed by atoms with E-state index in [1.807, 2.05) is 42.5 Å². The van der Waals surface area contributed by atoms with Gasteiger partial charge >= 0.3 is 0 Å². The first-order valence-corrected chi connectivity index (χ1v) is 17.6. The van der Waals surface area contributed by atoms with Crippen LogP contribution in [0.25, 0.3) is 56.4 Å². The quantitative estimate of drug-likeness (QED) is 0.182. The summed E-state index contributed by atoms with van der Waals surface area (Å²) < 4.78 is 0. The summed E-state index contributed by atoms with van der Waals surface area (Å²) in [4.78, 5) is 14.8. The summed E-state index contributed by atoms with van der Waals surface area (Å²) in [6.45, 7) is 4.93. The van der Waals surface area contributed by atoms with Crippen LogP contribution in [-0.2, 0) is 5.41 Å². The molecular weight excluding hydrogens is 597 g/mol. The van der Waals surface area contributed by atoms with Gasteiger partial charge in [-0.25, -0.2) is 15.0 Å². The Morgan fingerprint density at radius 1 is 0.531 bits per heavy atom. The van der Waals surface area contributed by atoms with E-state index in [0.29, 0.717) is 23.0 Å². The van der Waals surface area contributed by atoms with Gasteiger partial charge in [0.15, 0.2) is 17.5 Å². The zero-order chi connectivity index (χ0) is 33.4. The van der Waals surface area contributed by atoms with Crippen LogP contribution >= 0.6 is 0 Å². The smallest absolute Gasteiger partial charge is 0.164 e. The third-order valence-corrected chi connectivity index (χ3v) is 10.7. The number of rotatable bonds is 6. The average molecular weight is 637 g/mol. The highest BCUT2D eigenvalue weighted by atomic mass is 15.0. The molecule has 4 nitrogen and oxygen atoms in total. The monoisotopic (exact) mass is 636 g/mol. The Morgan fingerprint density at radius 3 is 1.67 bits per heavy atom. The van der Waals surface area contributed by atoms with Crippen molar-refractivity contribution in [1.29, 1.82) is 5.26 Å². The van der Waals surface area contributed by atoms with E-state index in [9.17, 15) is 5.26 Å². The Balaban J connectivity index is 1.20. The first-order valence-electron chi connectivity index (χ1n) is 17.6. The minimum atomic E-state index is 0.284. The first kappa shape index (κ1) is 30.9. The van der Waals surface area contributed by atoms with Gasteiger partial charge in [0.25, 0.3) is 0 Å². The van der Waals surface area contributed by atoms with Gasteiger partial charge in [-0.05, 0) is 113 Å². The molecule has 240 valence electrons. The number of nitriles is 1. The van der Waals surface area contributed by atoms with Gasteiger partial charge in [-0.2, -0.15) is 5.26 Å². The largest absolute Gasteiger partial charge is 0.208 e. The van der Waals surface area contributed by atoms with Gasteiger partial charge in [-0.3, -0.25) is 0 Å². The summed E-state index contributed by atoms with van der Waals surface area (Å²) in [7, 11) is 0. The van der Waals surface area contributed by atoms with Crippen LogP contribution in [0.2, 0.25) is 0 Å². The van der Waals surface area contributed by atoms with Crippen molar-refractivity contribution in [1.82, 2.24) is 15.0 Å². The molecule has 4 heteroatoms. The highest BCUT2D eigenvalue weighted by molar-refractivity contribution is 5.85. The van der Waals surface area contributed by atoms with Crippen LogP contribution in [0.3, 0.4) is 0 Å². The zero-order valence-corrected chi connectivity index (χ0v) is 28.2. The molecule has 0 radical (unpaired) electrons. The molecule has 49 heavy (non-hydrogen) atoms. The van der Waals surface area contributed by atoms with Gasteiger partial charge in [-0.15, -0.1) is 0 Å². The Kier molecular flexibility index (Phi) is 8.14. The van der Waals surface area contributed by atoms with Crippen molar-refractivity contribution >= 4 is 0 Å². The lowest BCUT2D eigenvalue weighted by Gasteiger charge is -2.50. The number of hydrogen-bond donors (Lipinski definition) is 0. The van der Waals surface area contributed by atoms with Gasteiger partial charge in [0, 0.05) is 16.7 Å². The highest BCUT2D eigenvalue weighted by Crippen LogP contribution is 2.54. The van der Waals surface area contributed by atoms with E-state index in [2.05, 4.69) is 92.7 Å². The molecule has 0 saturated heterocycles. The van der Waals surface area contributed by atoms with Crippen LogP contribution < -0.4 is 0 Å². The van der Waals surface area contributed by atoms with Gasteiger partial charge in [0.2, 0.25) is 0 Å². The predicted octanol–water partition coefficient (Wildman–Crippen LogP) is 11.2. The fraction of sp³-hybridized carbons (Fsp3) is 0.244. The molecule has 6 aromatic rings. The SMILES string of the molecule is C[C@@H]1C[C@@H]2C[C@H](C)CC(c3cccc(-c4ccccc4-c4cccc(-c5nc(-c6ccccc6)nc(-c6ccc(C#N)cc6)n5)c4)c3)(C1)C2. The van der Waals surface area contributed by atoms with Crippen molar-refractivity contribution in [2.45, 2.75) is 51.4 Å². The third-order valence-electron chi connectivity index (χ3n) is 10.7. The molecule has 2 saturated carbocycles. The minimum Gasteiger partial charge on any atom is -0.208 e. The van der Waals surface area contributed by atoms with Gasteiger partial charge in [0.05, 0.1) is 11.6 Å². The molecular formula is C45H40N4. The van der Waals surface area contributed by atoms with Crippen molar-refractivity contribution in [2.24, 2.45) is 17.8 Å². The molecule has 1 unspecified atom stereocenters. The second-order valence-electron chi connectivity index (χ2n) is 14.5. The topological polar surface area (TPSA) is 62.5 Å². The van der Waals surface area contributed by atoms with Crippen LogP contribution in [-0.4, -0.2) is 15.0 Å². The van der Waals surface area contributed by atoms with Crippen LogP contribution in [0.15, 0.2) is 127 Å². The van der Waals surface area contributed by atoms with Crippen LogP contribution in [0, 0.1) is 29.1 Å². The molecule has 2 bridgehead atoms.